The van der Waals surface area contributed by atoms with Crippen LogP contribution >= 0.6 is 0 Å². The molecule has 0 aromatic heterocycles. The number of methoxy groups -OCH3 is 1. The van der Waals surface area contributed by atoms with Crippen LogP contribution < -0.4 is 9.46 Å². The van der Waals surface area contributed by atoms with E-state index in [4.69, 9.17) is 4.74 Å². The van der Waals surface area contributed by atoms with Gasteiger partial charge in [0.05, 0.1) is 13.4 Å². The summed E-state index contributed by atoms with van der Waals surface area (Å²) in [5.41, 5.74) is 1.18. The van der Waals surface area contributed by atoms with Crippen LogP contribution in [0.3, 0.4) is 0 Å². The quantitative estimate of drug-likeness (QED) is 0.763. The summed E-state index contributed by atoms with van der Waals surface area (Å²) in [4.78, 5) is 0. The number of aryl methyl sites for hydroxylation is 1. The van der Waals surface area contributed by atoms with Crippen molar-refractivity contribution in [1.29, 1.82) is 0 Å². The molecule has 4 nitrogen and oxygen atoms in total. The van der Waals surface area contributed by atoms with E-state index in [1.807, 2.05) is 24.3 Å². The molecule has 0 atom stereocenters. The molecule has 0 aliphatic rings. The SMILES string of the molecule is COc1ccc(CCCNS(C)(=O)=O)cc1. The Bertz CT molecular complexity index is 411. The molecule has 1 N–H and O–H groups in total. The maximum atomic E-state index is 10.8. The van der Waals surface area contributed by atoms with Gasteiger partial charge in [-0.05, 0) is 30.5 Å². The van der Waals surface area contributed by atoms with Gasteiger partial charge in [-0.2, -0.15) is 0 Å². The third kappa shape index (κ3) is 5.14. The van der Waals surface area contributed by atoms with E-state index in [0.29, 0.717) is 6.54 Å². The van der Waals surface area contributed by atoms with Gasteiger partial charge in [-0.25, -0.2) is 13.1 Å². The van der Waals surface area contributed by atoms with Crippen molar-refractivity contribution in [3.05, 3.63) is 29.8 Å². The van der Waals surface area contributed by atoms with Crippen LogP contribution in [0.5, 0.6) is 5.75 Å². The van der Waals surface area contributed by atoms with E-state index < -0.39 is 10.0 Å². The van der Waals surface area contributed by atoms with Gasteiger partial charge in [0.15, 0.2) is 0 Å². The maximum Gasteiger partial charge on any atom is 0.208 e. The first-order valence-corrected chi connectivity index (χ1v) is 6.98. The van der Waals surface area contributed by atoms with Gasteiger partial charge in [0, 0.05) is 6.54 Å². The highest BCUT2D eigenvalue weighted by atomic mass is 32.2. The van der Waals surface area contributed by atoms with E-state index in [-0.39, 0.29) is 0 Å². The van der Waals surface area contributed by atoms with Crippen molar-refractivity contribution in [1.82, 2.24) is 4.72 Å². The lowest BCUT2D eigenvalue weighted by molar-refractivity contribution is 0.414. The van der Waals surface area contributed by atoms with E-state index in [2.05, 4.69) is 4.72 Å². The summed E-state index contributed by atoms with van der Waals surface area (Å²) in [6.07, 6.45) is 2.81. The van der Waals surface area contributed by atoms with Gasteiger partial charge in [-0.3, -0.25) is 0 Å². The van der Waals surface area contributed by atoms with Crippen LogP contribution in [0.2, 0.25) is 0 Å². The zero-order valence-corrected chi connectivity index (χ0v) is 10.4. The highest BCUT2D eigenvalue weighted by Crippen LogP contribution is 2.12. The van der Waals surface area contributed by atoms with Gasteiger partial charge in [0.2, 0.25) is 10.0 Å². The predicted octanol–water partition coefficient (Wildman–Crippen LogP) is 1.18. The highest BCUT2D eigenvalue weighted by molar-refractivity contribution is 7.88. The van der Waals surface area contributed by atoms with Crippen LogP contribution in [0.4, 0.5) is 0 Å². The van der Waals surface area contributed by atoms with Crippen LogP contribution in [0.15, 0.2) is 24.3 Å². The maximum absolute atomic E-state index is 10.8. The summed E-state index contributed by atoms with van der Waals surface area (Å²) in [5, 5.41) is 0. The molecular weight excluding hydrogens is 226 g/mol. The first-order valence-electron chi connectivity index (χ1n) is 5.09. The average Bonchev–Trinajstić information content (AvgIpc) is 2.24. The first kappa shape index (κ1) is 13.0. The molecule has 0 unspecified atom stereocenters. The lowest BCUT2D eigenvalue weighted by Crippen LogP contribution is -2.23. The van der Waals surface area contributed by atoms with Gasteiger partial charge in [0.25, 0.3) is 0 Å². The molecule has 0 aliphatic carbocycles. The van der Waals surface area contributed by atoms with E-state index in [9.17, 15) is 8.42 Å². The van der Waals surface area contributed by atoms with Crippen molar-refractivity contribution in [2.75, 3.05) is 19.9 Å². The molecule has 0 radical (unpaired) electrons. The van der Waals surface area contributed by atoms with Gasteiger partial charge in [0.1, 0.15) is 5.75 Å². The molecule has 0 amide bonds. The van der Waals surface area contributed by atoms with E-state index in [1.54, 1.807) is 7.11 Å². The molecule has 16 heavy (non-hydrogen) atoms. The minimum atomic E-state index is -3.06. The number of hydrogen-bond donors (Lipinski definition) is 1. The second kappa shape index (κ2) is 5.86. The fraction of sp³-hybridized carbons (Fsp3) is 0.455. The normalized spacial score (nSPS) is 11.4. The second-order valence-corrected chi connectivity index (χ2v) is 5.45. The third-order valence-corrected chi connectivity index (χ3v) is 2.89. The summed E-state index contributed by atoms with van der Waals surface area (Å²) >= 11 is 0. The molecule has 0 saturated carbocycles. The lowest BCUT2D eigenvalue weighted by atomic mass is 10.1. The Morgan fingerprint density at radius 3 is 2.38 bits per heavy atom. The summed E-state index contributed by atoms with van der Waals surface area (Å²) < 4.78 is 29.1. The van der Waals surface area contributed by atoms with Crippen molar-refractivity contribution in [3.8, 4) is 5.75 Å². The van der Waals surface area contributed by atoms with Gasteiger partial charge >= 0.3 is 0 Å². The molecule has 0 heterocycles. The summed E-state index contributed by atoms with van der Waals surface area (Å²) in [6.45, 7) is 0.477. The summed E-state index contributed by atoms with van der Waals surface area (Å²) in [7, 11) is -1.43. The zero-order chi connectivity index (χ0) is 12.0. The molecular formula is C11H17NO3S. The molecule has 0 fully saturated rings. The number of ether oxygens (including phenoxy) is 1. The van der Waals surface area contributed by atoms with Crippen LogP contribution in [0.1, 0.15) is 12.0 Å². The molecule has 0 aliphatic heterocycles. The van der Waals surface area contributed by atoms with Crippen molar-refractivity contribution >= 4 is 10.0 Å². The van der Waals surface area contributed by atoms with Crippen molar-refractivity contribution in [2.24, 2.45) is 0 Å². The second-order valence-electron chi connectivity index (χ2n) is 3.62. The average molecular weight is 243 g/mol. The fourth-order valence-electron chi connectivity index (χ4n) is 1.34. The van der Waals surface area contributed by atoms with Crippen LogP contribution in [0.25, 0.3) is 0 Å². The summed E-state index contributed by atoms with van der Waals surface area (Å²) in [6, 6.07) is 7.78. The lowest BCUT2D eigenvalue weighted by Gasteiger charge is -2.04. The minimum absolute atomic E-state index is 0.477. The number of rotatable bonds is 6. The zero-order valence-electron chi connectivity index (χ0n) is 9.56. The van der Waals surface area contributed by atoms with E-state index in [0.717, 1.165) is 18.6 Å². The molecule has 0 bridgehead atoms. The van der Waals surface area contributed by atoms with Crippen LogP contribution in [0, 0.1) is 0 Å². The molecule has 1 aromatic carbocycles. The smallest absolute Gasteiger partial charge is 0.208 e. The topological polar surface area (TPSA) is 55.4 Å². The Labute approximate surface area is 96.7 Å². The first-order chi connectivity index (χ1) is 7.51. The minimum Gasteiger partial charge on any atom is -0.497 e. The standard InChI is InChI=1S/C11H17NO3S/c1-15-11-7-5-10(6-8-11)4-3-9-12-16(2,13)14/h5-8,12H,3-4,9H2,1-2H3. The van der Waals surface area contributed by atoms with Crippen molar-refractivity contribution in [3.63, 3.8) is 0 Å². The number of sulfonamides is 1. The van der Waals surface area contributed by atoms with Crippen molar-refractivity contribution < 1.29 is 13.2 Å². The Hall–Kier alpha value is -1.07. The Balaban J connectivity index is 2.32. The van der Waals surface area contributed by atoms with Gasteiger partial charge < -0.3 is 4.74 Å². The number of hydrogen-bond acceptors (Lipinski definition) is 3. The molecule has 0 saturated heterocycles. The molecule has 1 aromatic rings. The van der Waals surface area contributed by atoms with Gasteiger partial charge in [-0.15, -0.1) is 0 Å². The summed E-state index contributed by atoms with van der Waals surface area (Å²) in [5.74, 6) is 0.831. The molecule has 0 spiro atoms. The largest absolute Gasteiger partial charge is 0.497 e. The Kier molecular flexibility index (Phi) is 4.76. The van der Waals surface area contributed by atoms with Crippen LogP contribution in [-0.4, -0.2) is 28.3 Å². The van der Waals surface area contributed by atoms with E-state index in [1.165, 1.54) is 11.8 Å². The molecule has 1 rings (SSSR count). The van der Waals surface area contributed by atoms with E-state index >= 15 is 0 Å². The Morgan fingerprint density at radius 2 is 1.88 bits per heavy atom. The fourth-order valence-corrected chi connectivity index (χ4v) is 1.86. The monoisotopic (exact) mass is 243 g/mol. The van der Waals surface area contributed by atoms with Crippen molar-refractivity contribution in [2.45, 2.75) is 12.8 Å². The molecule has 5 heteroatoms. The number of benzene rings is 1. The Morgan fingerprint density at radius 1 is 1.25 bits per heavy atom. The number of nitrogens with one attached hydrogen (secondary N) is 1. The molecule has 90 valence electrons. The van der Waals surface area contributed by atoms with Gasteiger partial charge in [-0.1, -0.05) is 12.1 Å². The predicted molar refractivity (Wildman–Crippen MR) is 64.2 cm³/mol. The third-order valence-electron chi connectivity index (χ3n) is 2.17. The van der Waals surface area contributed by atoms with Crippen LogP contribution in [-0.2, 0) is 16.4 Å². The highest BCUT2D eigenvalue weighted by Gasteiger charge is 1.99.